The zero-order valence-corrected chi connectivity index (χ0v) is 13.2. The van der Waals surface area contributed by atoms with Crippen molar-refractivity contribution in [2.24, 2.45) is 0 Å². The van der Waals surface area contributed by atoms with Gasteiger partial charge in [-0.15, -0.1) is 11.6 Å². The van der Waals surface area contributed by atoms with Gasteiger partial charge in [-0.1, -0.05) is 29.3 Å². The molecule has 0 unspecified atom stereocenters. The van der Waals surface area contributed by atoms with Crippen molar-refractivity contribution in [3.8, 4) is 0 Å². The van der Waals surface area contributed by atoms with Crippen LogP contribution in [0.3, 0.4) is 0 Å². The molecule has 0 N–H and O–H groups in total. The van der Waals surface area contributed by atoms with Crippen LogP contribution < -0.4 is 0 Å². The van der Waals surface area contributed by atoms with Crippen molar-refractivity contribution in [1.29, 1.82) is 0 Å². The first kappa shape index (κ1) is 15.4. The van der Waals surface area contributed by atoms with E-state index in [9.17, 15) is 8.42 Å². The summed E-state index contributed by atoms with van der Waals surface area (Å²) in [5.74, 6) is 0.0688. The first-order chi connectivity index (χ1) is 8.94. The van der Waals surface area contributed by atoms with Gasteiger partial charge in [0.2, 0.25) is 10.0 Å². The molecule has 1 aliphatic carbocycles. The van der Waals surface area contributed by atoms with Gasteiger partial charge in [-0.25, -0.2) is 8.42 Å². The molecule has 0 spiro atoms. The first-order valence-electron chi connectivity index (χ1n) is 5.93. The molecule has 0 amide bonds. The molecule has 0 aliphatic heterocycles. The third-order valence-corrected chi connectivity index (χ3v) is 5.98. The lowest BCUT2D eigenvalue weighted by Crippen LogP contribution is -2.35. The van der Waals surface area contributed by atoms with Crippen molar-refractivity contribution in [2.45, 2.75) is 25.4 Å². The summed E-state index contributed by atoms with van der Waals surface area (Å²) < 4.78 is 25.8. The van der Waals surface area contributed by atoms with Crippen LogP contribution in [0.1, 0.15) is 18.4 Å². The number of hydrogen-bond acceptors (Lipinski definition) is 2. The molecule has 0 aromatic heterocycles. The number of halogens is 3. The molecule has 1 saturated carbocycles. The highest BCUT2D eigenvalue weighted by molar-refractivity contribution is 7.89. The normalized spacial score (nSPS) is 16.0. The van der Waals surface area contributed by atoms with Crippen LogP contribution in [0.2, 0.25) is 10.0 Å². The van der Waals surface area contributed by atoms with Crippen molar-refractivity contribution >= 4 is 44.8 Å². The Kier molecular flexibility index (Phi) is 5.01. The van der Waals surface area contributed by atoms with Crippen LogP contribution in [-0.2, 0) is 16.6 Å². The maximum absolute atomic E-state index is 12.2. The predicted octanol–water partition coefficient (Wildman–Crippen LogP) is 3.53. The molecular formula is C12H14Cl3NO2S. The van der Waals surface area contributed by atoms with E-state index in [1.807, 2.05) is 0 Å². The van der Waals surface area contributed by atoms with Crippen molar-refractivity contribution in [3.63, 3.8) is 0 Å². The second kappa shape index (κ2) is 6.19. The molecule has 1 aromatic rings. The fourth-order valence-electron chi connectivity index (χ4n) is 1.85. The Morgan fingerprint density at radius 3 is 2.42 bits per heavy atom. The van der Waals surface area contributed by atoms with E-state index in [2.05, 4.69) is 0 Å². The summed E-state index contributed by atoms with van der Waals surface area (Å²) >= 11 is 17.4. The van der Waals surface area contributed by atoms with Crippen molar-refractivity contribution in [2.75, 3.05) is 11.6 Å². The number of sulfonamides is 1. The molecule has 3 nitrogen and oxygen atoms in total. The Morgan fingerprint density at radius 2 is 1.89 bits per heavy atom. The highest BCUT2D eigenvalue weighted by Gasteiger charge is 2.36. The highest BCUT2D eigenvalue weighted by atomic mass is 35.5. The van der Waals surface area contributed by atoms with E-state index in [1.54, 1.807) is 18.2 Å². The Balaban J connectivity index is 2.19. The van der Waals surface area contributed by atoms with Gasteiger partial charge in [-0.2, -0.15) is 4.31 Å². The zero-order valence-electron chi connectivity index (χ0n) is 10.2. The molecule has 0 atom stereocenters. The van der Waals surface area contributed by atoms with Crippen molar-refractivity contribution < 1.29 is 8.42 Å². The molecule has 0 saturated heterocycles. The van der Waals surface area contributed by atoms with Crippen LogP contribution >= 0.6 is 34.8 Å². The second-order valence-electron chi connectivity index (χ2n) is 4.53. The summed E-state index contributed by atoms with van der Waals surface area (Å²) in [6.07, 6.45) is 1.81. The van der Waals surface area contributed by atoms with E-state index in [1.165, 1.54) is 4.31 Å². The lowest BCUT2D eigenvalue weighted by Gasteiger charge is -2.21. The summed E-state index contributed by atoms with van der Waals surface area (Å²) in [5.41, 5.74) is 0.833. The van der Waals surface area contributed by atoms with Crippen LogP contribution in [0.4, 0.5) is 0 Å². The molecule has 0 bridgehead atoms. The van der Waals surface area contributed by atoms with Gasteiger partial charge in [-0.05, 0) is 30.5 Å². The van der Waals surface area contributed by atoms with Crippen LogP contribution in [-0.4, -0.2) is 30.4 Å². The minimum absolute atomic E-state index is 0.0353. The molecular weight excluding hydrogens is 329 g/mol. The van der Waals surface area contributed by atoms with Crippen molar-refractivity contribution in [1.82, 2.24) is 4.31 Å². The molecule has 1 aromatic carbocycles. The summed E-state index contributed by atoms with van der Waals surface area (Å²) in [4.78, 5) is 0. The summed E-state index contributed by atoms with van der Waals surface area (Å²) in [7, 11) is -3.31. The van der Waals surface area contributed by atoms with Gasteiger partial charge in [0.25, 0.3) is 0 Å². The SMILES string of the molecule is O=S(=O)(CCCl)N(Cc1ccc(Cl)c(Cl)c1)C1CC1. The van der Waals surface area contributed by atoms with Crippen LogP contribution in [0.15, 0.2) is 18.2 Å². The highest BCUT2D eigenvalue weighted by Crippen LogP contribution is 2.32. The monoisotopic (exact) mass is 341 g/mol. The van der Waals surface area contributed by atoms with Crippen LogP contribution in [0, 0.1) is 0 Å². The Bertz CT molecular complexity index is 558. The quantitative estimate of drug-likeness (QED) is 0.742. The Hall–Kier alpha value is -0.000000000000000111. The fraction of sp³-hybridized carbons (Fsp3) is 0.500. The molecule has 1 aliphatic rings. The fourth-order valence-corrected chi connectivity index (χ4v) is 4.20. The van der Waals surface area contributed by atoms with E-state index < -0.39 is 10.0 Å². The average Bonchev–Trinajstić information content (AvgIpc) is 3.14. The summed E-state index contributed by atoms with van der Waals surface area (Å²) in [6, 6.07) is 5.27. The Labute approximate surface area is 128 Å². The van der Waals surface area contributed by atoms with Gasteiger partial charge in [0, 0.05) is 18.5 Å². The molecule has 106 valence electrons. The van der Waals surface area contributed by atoms with Crippen LogP contribution in [0.25, 0.3) is 0 Å². The van der Waals surface area contributed by atoms with E-state index in [0.29, 0.717) is 16.6 Å². The van der Waals surface area contributed by atoms with E-state index in [-0.39, 0.29) is 17.7 Å². The number of benzene rings is 1. The summed E-state index contributed by atoms with van der Waals surface area (Å²) in [6.45, 7) is 0.320. The maximum Gasteiger partial charge on any atom is 0.215 e. The second-order valence-corrected chi connectivity index (χ2v) is 7.76. The van der Waals surface area contributed by atoms with E-state index in [0.717, 1.165) is 18.4 Å². The lowest BCUT2D eigenvalue weighted by atomic mass is 10.2. The number of rotatable bonds is 6. The summed E-state index contributed by atoms with van der Waals surface area (Å²) in [5, 5.41) is 0.900. The first-order valence-corrected chi connectivity index (χ1v) is 8.83. The van der Waals surface area contributed by atoms with Gasteiger partial charge in [-0.3, -0.25) is 0 Å². The largest absolute Gasteiger partial charge is 0.215 e. The standard InChI is InChI=1S/C12H14Cl3NO2S/c13-5-6-19(17,18)16(10-2-3-10)8-9-1-4-11(14)12(15)7-9/h1,4,7,10H,2-3,5-6,8H2. The lowest BCUT2D eigenvalue weighted by molar-refractivity contribution is 0.399. The van der Waals surface area contributed by atoms with Gasteiger partial charge >= 0.3 is 0 Å². The van der Waals surface area contributed by atoms with Gasteiger partial charge in [0.15, 0.2) is 0 Å². The average molecular weight is 343 g/mol. The smallest absolute Gasteiger partial charge is 0.212 e. The predicted molar refractivity (Wildman–Crippen MR) is 79.5 cm³/mol. The number of alkyl halides is 1. The van der Waals surface area contributed by atoms with Gasteiger partial charge in [0.1, 0.15) is 0 Å². The molecule has 0 heterocycles. The van der Waals surface area contributed by atoms with Gasteiger partial charge in [0.05, 0.1) is 15.8 Å². The topological polar surface area (TPSA) is 37.4 Å². The third-order valence-electron chi connectivity index (χ3n) is 2.97. The number of nitrogens with zero attached hydrogens (tertiary/aromatic N) is 1. The van der Waals surface area contributed by atoms with E-state index in [4.69, 9.17) is 34.8 Å². The minimum Gasteiger partial charge on any atom is -0.212 e. The van der Waals surface area contributed by atoms with Gasteiger partial charge < -0.3 is 0 Å². The maximum atomic E-state index is 12.2. The third kappa shape index (κ3) is 3.99. The number of hydrogen-bond donors (Lipinski definition) is 0. The zero-order chi connectivity index (χ0) is 14.0. The molecule has 19 heavy (non-hydrogen) atoms. The molecule has 7 heteroatoms. The minimum atomic E-state index is -3.31. The molecule has 2 rings (SSSR count). The molecule has 0 radical (unpaired) electrons. The van der Waals surface area contributed by atoms with E-state index >= 15 is 0 Å². The Morgan fingerprint density at radius 1 is 1.21 bits per heavy atom. The molecule has 1 fully saturated rings. The van der Waals surface area contributed by atoms with Crippen molar-refractivity contribution in [3.05, 3.63) is 33.8 Å². The van der Waals surface area contributed by atoms with Crippen LogP contribution in [0.5, 0.6) is 0 Å².